The number of nitrogens with one attached hydrogen (secondary N) is 2. The number of hydrogen-bond donors (Lipinski definition) is 3. The molecule has 0 spiro atoms. The van der Waals surface area contributed by atoms with Crippen molar-refractivity contribution in [2.45, 2.75) is 58.0 Å². The topological polar surface area (TPSA) is 79.5 Å². The highest BCUT2D eigenvalue weighted by molar-refractivity contribution is 14.0. The molecular weight excluding hydrogens is 415 g/mol. The average Bonchev–Trinajstić information content (AvgIpc) is 2.82. The van der Waals surface area contributed by atoms with Gasteiger partial charge in [-0.15, -0.1) is 24.0 Å². The summed E-state index contributed by atoms with van der Waals surface area (Å²) in [6.45, 7) is 3.07. The normalized spacial score (nSPS) is 16.0. The summed E-state index contributed by atoms with van der Waals surface area (Å²) in [5.74, 6) is 0.474. The third kappa shape index (κ3) is 7.07. The molecule has 5 nitrogen and oxygen atoms in total. The molecule has 0 radical (unpaired) electrons. The first kappa shape index (κ1) is 20.7. The molecule has 0 bridgehead atoms. The van der Waals surface area contributed by atoms with Crippen molar-refractivity contribution in [2.75, 3.05) is 6.54 Å². The van der Waals surface area contributed by atoms with Gasteiger partial charge in [-0.05, 0) is 37.5 Å². The zero-order valence-electron chi connectivity index (χ0n) is 14.4. The van der Waals surface area contributed by atoms with Crippen molar-refractivity contribution in [3.8, 4) is 0 Å². The first-order valence-electron chi connectivity index (χ1n) is 8.62. The summed E-state index contributed by atoms with van der Waals surface area (Å²) >= 11 is 0. The van der Waals surface area contributed by atoms with E-state index in [9.17, 15) is 4.79 Å². The van der Waals surface area contributed by atoms with E-state index < -0.39 is 0 Å². The number of nitrogens with zero attached hydrogens (tertiary/aromatic N) is 1. The number of carbonyl (C=O) groups excluding carboxylic acids is 1. The summed E-state index contributed by atoms with van der Waals surface area (Å²) in [5.41, 5.74) is 7.71. The van der Waals surface area contributed by atoms with Gasteiger partial charge in [0.25, 0.3) is 5.91 Å². The summed E-state index contributed by atoms with van der Waals surface area (Å²) < 4.78 is 0. The Morgan fingerprint density at radius 3 is 2.38 bits per heavy atom. The molecule has 0 atom stereocenters. The second-order valence-electron chi connectivity index (χ2n) is 6.09. The molecule has 1 aliphatic carbocycles. The zero-order valence-corrected chi connectivity index (χ0v) is 16.7. The molecule has 0 aliphatic heterocycles. The van der Waals surface area contributed by atoms with E-state index in [0.29, 0.717) is 30.7 Å². The van der Waals surface area contributed by atoms with Crippen molar-refractivity contribution in [2.24, 2.45) is 10.7 Å². The first-order chi connectivity index (χ1) is 11.2. The maximum absolute atomic E-state index is 11.7. The van der Waals surface area contributed by atoms with Crippen molar-refractivity contribution in [1.29, 1.82) is 0 Å². The van der Waals surface area contributed by atoms with Gasteiger partial charge in [-0.2, -0.15) is 0 Å². The van der Waals surface area contributed by atoms with Gasteiger partial charge in [0.15, 0.2) is 5.96 Å². The molecule has 0 saturated heterocycles. The molecule has 0 unspecified atom stereocenters. The number of hydrogen-bond acceptors (Lipinski definition) is 2. The van der Waals surface area contributed by atoms with Gasteiger partial charge in [-0.3, -0.25) is 4.79 Å². The highest BCUT2D eigenvalue weighted by Crippen LogP contribution is 2.17. The summed E-state index contributed by atoms with van der Waals surface area (Å²) in [6.07, 6.45) is 7.55. The van der Waals surface area contributed by atoms with Gasteiger partial charge in [-0.25, -0.2) is 4.99 Å². The van der Waals surface area contributed by atoms with Crippen molar-refractivity contribution >= 4 is 35.8 Å². The van der Waals surface area contributed by atoms with Gasteiger partial charge in [0, 0.05) is 18.2 Å². The van der Waals surface area contributed by atoms with E-state index in [4.69, 9.17) is 5.73 Å². The lowest BCUT2D eigenvalue weighted by molar-refractivity contribution is 0.0956. The third-order valence-corrected chi connectivity index (χ3v) is 4.19. The van der Waals surface area contributed by atoms with E-state index >= 15 is 0 Å². The summed E-state index contributed by atoms with van der Waals surface area (Å²) in [5, 5.41) is 6.12. The lowest BCUT2D eigenvalue weighted by atomic mass is 10.1. The van der Waals surface area contributed by atoms with Crippen molar-refractivity contribution < 1.29 is 4.79 Å². The summed E-state index contributed by atoms with van der Waals surface area (Å²) in [4.78, 5) is 16.1. The lowest BCUT2D eigenvalue weighted by Crippen LogP contribution is -2.39. The van der Waals surface area contributed by atoms with E-state index in [0.717, 1.165) is 5.56 Å². The van der Waals surface area contributed by atoms with Crippen LogP contribution >= 0.6 is 24.0 Å². The maximum Gasteiger partial charge on any atom is 0.251 e. The van der Waals surface area contributed by atoms with Crippen LogP contribution in [0.25, 0.3) is 0 Å². The SMILES string of the molecule is CCNC(=O)c1ccc(CN=C(N)NC2CCCCCC2)cc1.I. The molecule has 1 aromatic carbocycles. The van der Waals surface area contributed by atoms with Gasteiger partial charge in [-0.1, -0.05) is 37.8 Å². The molecule has 24 heavy (non-hydrogen) atoms. The quantitative estimate of drug-likeness (QED) is 0.283. The van der Waals surface area contributed by atoms with Crippen LogP contribution in [0.5, 0.6) is 0 Å². The Labute approximate surface area is 161 Å². The largest absolute Gasteiger partial charge is 0.370 e. The van der Waals surface area contributed by atoms with Crippen LogP contribution in [0.3, 0.4) is 0 Å². The minimum absolute atomic E-state index is 0. The highest BCUT2D eigenvalue weighted by atomic mass is 127. The van der Waals surface area contributed by atoms with E-state index in [-0.39, 0.29) is 29.9 Å². The Balaban J connectivity index is 0.00000288. The average molecular weight is 444 g/mol. The fraction of sp³-hybridized carbons (Fsp3) is 0.556. The Hall–Kier alpha value is -1.31. The Morgan fingerprint density at radius 2 is 1.79 bits per heavy atom. The van der Waals surface area contributed by atoms with Crippen LogP contribution in [0, 0.1) is 0 Å². The van der Waals surface area contributed by atoms with Crippen molar-refractivity contribution in [1.82, 2.24) is 10.6 Å². The predicted molar refractivity (Wildman–Crippen MR) is 110 cm³/mol. The monoisotopic (exact) mass is 444 g/mol. The number of carbonyl (C=O) groups is 1. The fourth-order valence-electron chi connectivity index (χ4n) is 2.88. The first-order valence-corrected chi connectivity index (χ1v) is 8.62. The van der Waals surface area contributed by atoms with Crippen LogP contribution in [-0.2, 0) is 6.54 Å². The molecule has 0 heterocycles. The number of guanidine groups is 1. The molecule has 1 aliphatic rings. The number of amides is 1. The minimum Gasteiger partial charge on any atom is -0.370 e. The Bertz CT molecular complexity index is 522. The molecule has 6 heteroatoms. The Morgan fingerprint density at radius 1 is 1.17 bits per heavy atom. The van der Waals surface area contributed by atoms with Gasteiger partial charge in [0.1, 0.15) is 0 Å². The lowest BCUT2D eigenvalue weighted by Gasteiger charge is -2.16. The third-order valence-electron chi connectivity index (χ3n) is 4.19. The fourth-order valence-corrected chi connectivity index (χ4v) is 2.88. The van der Waals surface area contributed by atoms with Crippen LogP contribution in [-0.4, -0.2) is 24.5 Å². The number of nitrogens with two attached hydrogens (primary N) is 1. The molecule has 1 aromatic rings. The van der Waals surface area contributed by atoms with Gasteiger partial charge >= 0.3 is 0 Å². The number of aliphatic imine (C=N–C) groups is 1. The molecule has 1 saturated carbocycles. The smallest absolute Gasteiger partial charge is 0.251 e. The molecule has 2 rings (SSSR count). The molecule has 4 N–H and O–H groups in total. The standard InChI is InChI=1S/C18H28N4O.HI/c1-2-20-17(23)15-11-9-14(10-12-15)13-21-18(19)22-16-7-5-3-4-6-8-16;/h9-12,16H,2-8,13H2,1H3,(H,20,23)(H3,19,21,22);1H. The Kier molecular flexibility index (Phi) is 9.75. The van der Waals surface area contributed by atoms with Gasteiger partial charge < -0.3 is 16.4 Å². The van der Waals surface area contributed by atoms with Gasteiger partial charge in [0.05, 0.1) is 6.54 Å². The number of benzene rings is 1. The van der Waals surface area contributed by atoms with Crippen LogP contribution in [0.2, 0.25) is 0 Å². The molecule has 0 aromatic heterocycles. The second-order valence-corrected chi connectivity index (χ2v) is 6.09. The molecule has 1 amide bonds. The van der Waals surface area contributed by atoms with E-state index in [1.807, 2.05) is 31.2 Å². The van der Waals surface area contributed by atoms with E-state index in [1.165, 1.54) is 38.5 Å². The van der Waals surface area contributed by atoms with Crippen molar-refractivity contribution in [3.63, 3.8) is 0 Å². The molecule has 1 fully saturated rings. The minimum atomic E-state index is -0.0444. The summed E-state index contributed by atoms with van der Waals surface area (Å²) in [7, 11) is 0. The van der Waals surface area contributed by atoms with Crippen LogP contribution in [0.1, 0.15) is 61.4 Å². The maximum atomic E-state index is 11.7. The molecular formula is C18H29IN4O. The summed E-state index contributed by atoms with van der Waals surface area (Å²) in [6, 6.07) is 7.96. The zero-order chi connectivity index (χ0) is 16.5. The predicted octanol–water partition coefficient (Wildman–Crippen LogP) is 3.18. The second kappa shape index (κ2) is 11.3. The highest BCUT2D eigenvalue weighted by Gasteiger charge is 2.12. The van der Waals surface area contributed by atoms with Crippen LogP contribution in [0.4, 0.5) is 0 Å². The van der Waals surface area contributed by atoms with Gasteiger partial charge in [0.2, 0.25) is 0 Å². The van der Waals surface area contributed by atoms with E-state index in [2.05, 4.69) is 15.6 Å². The van der Waals surface area contributed by atoms with Crippen molar-refractivity contribution in [3.05, 3.63) is 35.4 Å². The van der Waals surface area contributed by atoms with Crippen LogP contribution < -0.4 is 16.4 Å². The van der Waals surface area contributed by atoms with E-state index in [1.54, 1.807) is 0 Å². The van der Waals surface area contributed by atoms with Crippen LogP contribution in [0.15, 0.2) is 29.3 Å². The number of rotatable bonds is 5. The number of halogens is 1. The molecule has 134 valence electrons.